The van der Waals surface area contributed by atoms with Crippen molar-refractivity contribution in [3.8, 4) is 0 Å². The van der Waals surface area contributed by atoms with Crippen LogP contribution in [0.1, 0.15) is 71.7 Å². The first-order chi connectivity index (χ1) is 13.7. The van der Waals surface area contributed by atoms with E-state index >= 15 is 0 Å². The maximum atomic E-state index is 12.9. The van der Waals surface area contributed by atoms with Crippen molar-refractivity contribution in [2.24, 2.45) is 0 Å². The summed E-state index contributed by atoms with van der Waals surface area (Å²) < 4.78 is 0. The highest BCUT2D eigenvalue weighted by atomic mass is 16.2. The maximum absolute atomic E-state index is 12.9. The Hall–Kier alpha value is -2.14. The molecule has 0 saturated carbocycles. The van der Waals surface area contributed by atoms with Gasteiger partial charge in [0.05, 0.1) is 0 Å². The second-order valence-electron chi connectivity index (χ2n) is 8.23. The first-order valence-corrected chi connectivity index (χ1v) is 10.8. The second kappa shape index (κ2) is 8.48. The molecule has 0 unspecified atom stereocenters. The highest BCUT2D eigenvalue weighted by Gasteiger charge is 2.34. The molecular formula is C23H31N3O2. The Balaban J connectivity index is 1.44. The number of nitrogens with zero attached hydrogens (tertiary/aromatic N) is 2. The van der Waals surface area contributed by atoms with Crippen LogP contribution in [0.25, 0.3) is 0 Å². The summed E-state index contributed by atoms with van der Waals surface area (Å²) in [6.07, 6.45) is 9.26. The van der Waals surface area contributed by atoms with Gasteiger partial charge in [-0.3, -0.25) is 14.5 Å². The quantitative estimate of drug-likeness (QED) is 0.769. The standard InChI is InChI=1S/C23H31N3O2/c1-2-25-13-7-10-18(25)15-26-16-21-19(11-6-12-20(21)23(26)28)22(27)24-14-17-8-4-3-5-9-17/h6,8,11-12,18H,2-5,7,9-10,13-16H2,1H3,(H,24,27)/t18-/m1/s1. The van der Waals surface area contributed by atoms with Gasteiger partial charge in [-0.2, -0.15) is 0 Å². The van der Waals surface area contributed by atoms with E-state index in [1.165, 1.54) is 24.8 Å². The van der Waals surface area contributed by atoms with Gasteiger partial charge in [0.15, 0.2) is 0 Å². The molecule has 150 valence electrons. The molecule has 2 amide bonds. The van der Waals surface area contributed by atoms with E-state index in [1.54, 1.807) is 0 Å². The van der Waals surface area contributed by atoms with Crippen LogP contribution in [-0.2, 0) is 6.54 Å². The van der Waals surface area contributed by atoms with Crippen molar-refractivity contribution in [3.63, 3.8) is 0 Å². The summed E-state index contributed by atoms with van der Waals surface area (Å²) in [5.74, 6) is 0.0108. The summed E-state index contributed by atoms with van der Waals surface area (Å²) in [4.78, 5) is 30.1. The monoisotopic (exact) mass is 381 g/mol. The molecule has 1 N–H and O–H groups in total. The number of fused-ring (bicyclic) bond motifs is 1. The fourth-order valence-corrected chi connectivity index (χ4v) is 4.88. The molecule has 5 heteroatoms. The van der Waals surface area contributed by atoms with Crippen LogP contribution < -0.4 is 5.32 Å². The van der Waals surface area contributed by atoms with Gasteiger partial charge in [0.2, 0.25) is 0 Å². The molecule has 0 radical (unpaired) electrons. The Morgan fingerprint density at radius 3 is 2.93 bits per heavy atom. The lowest BCUT2D eigenvalue weighted by molar-refractivity contribution is 0.0730. The minimum atomic E-state index is -0.0611. The van der Waals surface area contributed by atoms with Crippen molar-refractivity contribution in [3.05, 3.63) is 46.5 Å². The molecule has 1 aliphatic carbocycles. The molecule has 1 atom stereocenters. The van der Waals surface area contributed by atoms with Crippen LogP contribution in [0.15, 0.2) is 29.8 Å². The van der Waals surface area contributed by atoms with E-state index in [4.69, 9.17) is 0 Å². The number of carbonyl (C=O) groups excluding carboxylic acids is 2. The normalized spacial score (nSPS) is 22.3. The van der Waals surface area contributed by atoms with Gasteiger partial charge in [0.1, 0.15) is 0 Å². The van der Waals surface area contributed by atoms with E-state index in [1.807, 2.05) is 23.1 Å². The minimum Gasteiger partial charge on any atom is -0.348 e. The molecule has 2 aliphatic heterocycles. The van der Waals surface area contributed by atoms with Crippen LogP contribution in [0.3, 0.4) is 0 Å². The van der Waals surface area contributed by atoms with Gasteiger partial charge in [-0.1, -0.05) is 24.6 Å². The van der Waals surface area contributed by atoms with Crippen molar-refractivity contribution in [1.82, 2.24) is 15.1 Å². The van der Waals surface area contributed by atoms with Crippen molar-refractivity contribution >= 4 is 11.8 Å². The number of hydrogen-bond acceptors (Lipinski definition) is 3. The van der Waals surface area contributed by atoms with Crippen LogP contribution in [0.2, 0.25) is 0 Å². The Morgan fingerprint density at radius 2 is 2.14 bits per heavy atom. The smallest absolute Gasteiger partial charge is 0.254 e. The summed E-state index contributed by atoms with van der Waals surface area (Å²) in [6, 6.07) is 6.00. The third-order valence-electron chi connectivity index (χ3n) is 6.48. The van der Waals surface area contributed by atoms with Crippen LogP contribution in [0.5, 0.6) is 0 Å². The number of benzene rings is 1. The van der Waals surface area contributed by atoms with E-state index < -0.39 is 0 Å². The summed E-state index contributed by atoms with van der Waals surface area (Å²) in [7, 11) is 0. The van der Waals surface area contributed by atoms with Crippen molar-refractivity contribution in [2.45, 2.75) is 58.0 Å². The van der Waals surface area contributed by atoms with E-state index in [0.717, 1.165) is 44.5 Å². The topological polar surface area (TPSA) is 52.6 Å². The van der Waals surface area contributed by atoms with E-state index in [2.05, 4.69) is 23.2 Å². The lowest BCUT2D eigenvalue weighted by Gasteiger charge is -2.27. The van der Waals surface area contributed by atoms with Gasteiger partial charge in [0.25, 0.3) is 11.8 Å². The maximum Gasteiger partial charge on any atom is 0.254 e. The van der Waals surface area contributed by atoms with Crippen molar-refractivity contribution < 1.29 is 9.59 Å². The molecule has 28 heavy (non-hydrogen) atoms. The van der Waals surface area contributed by atoms with Crippen molar-refractivity contribution in [2.75, 3.05) is 26.2 Å². The summed E-state index contributed by atoms with van der Waals surface area (Å²) >= 11 is 0. The van der Waals surface area contributed by atoms with Crippen molar-refractivity contribution in [1.29, 1.82) is 0 Å². The fourth-order valence-electron chi connectivity index (χ4n) is 4.88. The zero-order valence-corrected chi connectivity index (χ0v) is 16.9. The van der Waals surface area contributed by atoms with E-state index in [9.17, 15) is 9.59 Å². The third-order valence-corrected chi connectivity index (χ3v) is 6.48. The number of hydrogen-bond donors (Lipinski definition) is 1. The van der Waals surface area contributed by atoms with Gasteiger partial charge < -0.3 is 10.2 Å². The average molecular weight is 382 g/mol. The fraction of sp³-hybridized carbons (Fsp3) is 0.565. The van der Waals surface area contributed by atoms with Gasteiger partial charge >= 0.3 is 0 Å². The molecule has 1 aromatic carbocycles. The molecule has 2 heterocycles. The minimum absolute atomic E-state index is 0.0611. The first-order valence-electron chi connectivity index (χ1n) is 10.8. The largest absolute Gasteiger partial charge is 0.348 e. The number of likely N-dealkylation sites (N-methyl/N-ethyl adjacent to an activating group) is 1. The molecule has 1 saturated heterocycles. The highest BCUT2D eigenvalue weighted by molar-refractivity contribution is 6.04. The van der Waals surface area contributed by atoms with Gasteiger partial charge in [-0.15, -0.1) is 0 Å². The van der Waals surface area contributed by atoms with Crippen LogP contribution in [0, 0.1) is 0 Å². The lowest BCUT2D eigenvalue weighted by Crippen LogP contribution is -2.40. The Bertz CT molecular complexity index is 786. The van der Waals surface area contributed by atoms with Gasteiger partial charge in [-0.05, 0) is 69.3 Å². The molecule has 4 rings (SSSR count). The zero-order valence-electron chi connectivity index (χ0n) is 16.9. The Morgan fingerprint density at radius 1 is 1.25 bits per heavy atom. The van der Waals surface area contributed by atoms with E-state index in [-0.39, 0.29) is 11.8 Å². The highest BCUT2D eigenvalue weighted by Crippen LogP contribution is 2.28. The first kappa shape index (κ1) is 19.2. The van der Waals surface area contributed by atoms with Gasteiger partial charge in [0, 0.05) is 36.8 Å². The Labute approximate surface area is 167 Å². The lowest BCUT2D eigenvalue weighted by atomic mass is 9.99. The predicted octanol–water partition coefficient (Wildman–Crippen LogP) is 3.36. The molecular weight excluding hydrogens is 350 g/mol. The molecule has 1 aromatic rings. The number of carbonyl (C=O) groups is 2. The molecule has 0 spiro atoms. The number of likely N-dealkylation sites (tertiary alicyclic amines) is 1. The molecule has 1 fully saturated rings. The summed E-state index contributed by atoms with van der Waals surface area (Å²) in [5, 5.41) is 3.07. The summed E-state index contributed by atoms with van der Waals surface area (Å²) in [5.41, 5.74) is 3.57. The predicted molar refractivity (Wildman–Crippen MR) is 110 cm³/mol. The molecule has 3 aliphatic rings. The van der Waals surface area contributed by atoms with Crippen LogP contribution in [0.4, 0.5) is 0 Å². The number of nitrogens with one attached hydrogen (secondary N) is 1. The molecule has 0 aromatic heterocycles. The Kier molecular flexibility index (Phi) is 5.81. The molecule has 5 nitrogen and oxygen atoms in total. The second-order valence-corrected chi connectivity index (χ2v) is 8.23. The number of rotatable bonds is 6. The molecule has 0 bridgehead atoms. The SMILES string of the molecule is CCN1CCC[C@@H]1CN1Cc2c(C(=O)NCC3=CCCCC3)cccc2C1=O. The third kappa shape index (κ3) is 3.86. The van der Waals surface area contributed by atoms with Crippen LogP contribution in [-0.4, -0.2) is 53.8 Å². The van der Waals surface area contributed by atoms with E-state index in [0.29, 0.717) is 30.3 Å². The zero-order chi connectivity index (χ0) is 19.5. The number of allylic oxidation sites excluding steroid dienone is 1. The average Bonchev–Trinajstić information content (AvgIpc) is 3.31. The van der Waals surface area contributed by atoms with Crippen LogP contribution >= 0.6 is 0 Å². The van der Waals surface area contributed by atoms with Gasteiger partial charge in [-0.25, -0.2) is 0 Å². The summed E-state index contributed by atoms with van der Waals surface area (Å²) in [6.45, 7) is 6.27. The number of amides is 2.